The van der Waals surface area contributed by atoms with Crippen LogP contribution in [0.15, 0.2) is 43.2 Å². The third-order valence-electron chi connectivity index (χ3n) is 6.21. The number of hydrogen-bond acceptors (Lipinski definition) is 8. The van der Waals surface area contributed by atoms with E-state index in [0.717, 1.165) is 12.1 Å². The maximum Gasteiger partial charge on any atom is 0.266 e. The largest absolute Gasteiger partial charge is 0.493 e. The van der Waals surface area contributed by atoms with Crippen LogP contribution in [0, 0.1) is 18.6 Å². The number of piperidine rings is 1. The number of hydrogen-bond donors (Lipinski definition) is 3. The minimum absolute atomic E-state index is 0.0364. The van der Waals surface area contributed by atoms with Gasteiger partial charge in [0.15, 0.2) is 17.3 Å². The summed E-state index contributed by atoms with van der Waals surface area (Å²) in [4.78, 5) is 34.2. The number of anilines is 2. The lowest BCUT2D eigenvalue weighted by atomic mass is 9.98. The average Bonchev–Trinajstić information content (AvgIpc) is 2.92. The lowest BCUT2D eigenvalue weighted by Crippen LogP contribution is -2.54. The van der Waals surface area contributed by atoms with Crippen LogP contribution in [0.3, 0.4) is 0 Å². The van der Waals surface area contributed by atoms with Crippen LogP contribution in [0.1, 0.15) is 18.4 Å². The number of fused-ring (bicyclic) bond motifs is 1. The van der Waals surface area contributed by atoms with Crippen molar-refractivity contribution in [3.63, 3.8) is 0 Å². The monoisotopic (exact) mass is 513 g/mol. The number of methoxy groups -OCH3 is 1. The van der Waals surface area contributed by atoms with Crippen LogP contribution in [0.2, 0.25) is 0 Å². The lowest BCUT2D eigenvalue weighted by Gasteiger charge is -2.37. The number of halogens is 2. The Morgan fingerprint density at radius 2 is 2.03 bits per heavy atom. The summed E-state index contributed by atoms with van der Waals surface area (Å²) >= 11 is 0. The molecule has 2 aromatic carbocycles. The van der Waals surface area contributed by atoms with Gasteiger partial charge in [0.1, 0.15) is 30.1 Å². The molecule has 10 nitrogen and oxygen atoms in total. The molecule has 1 fully saturated rings. The van der Waals surface area contributed by atoms with E-state index in [4.69, 9.17) is 14.7 Å². The highest BCUT2D eigenvalue weighted by molar-refractivity contribution is 5.93. The zero-order chi connectivity index (χ0) is 26.7. The first-order chi connectivity index (χ1) is 17.8. The predicted molar refractivity (Wildman–Crippen MR) is 130 cm³/mol. The molecule has 1 aliphatic rings. The molecule has 12 heteroatoms. The first-order valence-electron chi connectivity index (χ1n) is 11.3. The second kappa shape index (κ2) is 10.7. The van der Waals surface area contributed by atoms with Gasteiger partial charge < -0.3 is 19.7 Å². The van der Waals surface area contributed by atoms with Gasteiger partial charge in [-0.15, -0.1) is 0 Å². The molecule has 0 saturated carbocycles. The van der Waals surface area contributed by atoms with Gasteiger partial charge in [-0.25, -0.2) is 24.2 Å². The highest BCUT2D eigenvalue weighted by Crippen LogP contribution is 2.37. The normalized spacial score (nSPS) is 17.3. The number of ether oxygens (including phenoxy) is 2. The number of amides is 2. The van der Waals surface area contributed by atoms with Crippen LogP contribution < -0.4 is 20.3 Å². The topological polar surface area (TPSA) is 126 Å². The van der Waals surface area contributed by atoms with E-state index >= 15 is 0 Å². The molecule has 0 spiro atoms. The second-order valence-corrected chi connectivity index (χ2v) is 8.39. The summed E-state index contributed by atoms with van der Waals surface area (Å²) in [6, 6.07) is 4.71. The Morgan fingerprint density at radius 3 is 2.73 bits per heavy atom. The number of carbonyl (C=O) groups is 2. The SMILES string of the molecule is C=CC(=O)N1CC[C@H](Oc2cc3c(Nc4ccc(F)c(C)c4F)ncnc3cc2OC)C[C@H]1C(=O)NO. The Balaban J connectivity index is 1.66. The quantitative estimate of drug-likeness (QED) is 0.249. The highest BCUT2D eigenvalue weighted by Gasteiger charge is 2.36. The summed E-state index contributed by atoms with van der Waals surface area (Å²) < 4.78 is 40.0. The summed E-state index contributed by atoms with van der Waals surface area (Å²) in [5, 5.41) is 12.5. The number of nitrogens with zero attached hydrogens (tertiary/aromatic N) is 3. The molecule has 4 rings (SSSR count). The number of likely N-dealkylation sites (tertiary alicyclic amines) is 1. The zero-order valence-corrected chi connectivity index (χ0v) is 20.1. The minimum Gasteiger partial charge on any atom is -0.493 e. The molecule has 37 heavy (non-hydrogen) atoms. The minimum atomic E-state index is -0.967. The van der Waals surface area contributed by atoms with Crippen molar-refractivity contribution in [3.05, 3.63) is 60.4 Å². The van der Waals surface area contributed by atoms with Crippen LogP contribution in [0.25, 0.3) is 10.9 Å². The van der Waals surface area contributed by atoms with Gasteiger partial charge in [-0.05, 0) is 31.2 Å². The molecule has 2 heterocycles. The van der Waals surface area contributed by atoms with E-state index in [-0.39, 0.29) is 30.0 Å². The van der Waals surface area contributed by atoms with Crippen molar-refractivity contribution in [1.82, 2.24) is 20.3 Å². The van der Waals surface area contributed by atoms with Gasteiger partial charge in [-0.3, -0.25) is 14.8 Å². The smallest absolute Gasteiger partial charge is 0.266 e. The molecule has 0 radical (unpaired) electrons. The van der Waals surface area contributed by atoms with Crippen molar-refractivity contribution in [1.29, 1.82) is 0 Å². The van der Waals surface area contributed by atoms with E-state index in [1.807, 2.05) is 0 Å². The fourth-order valence-corrected chi connectivity index (χ4v) is 4.22. The van der Waals surface area contributed by atoms with Crippen LogP contribution in [-0.4, -0.2) is 57.7 Å². The zero-order valence-electron chi connectivity index (χ0n) is 20.1. The molecule has 194 valence electrons. The molecule has 2 amide bonds. The van der Waals surface area contributed by atoms with Crippen molar-refractivity contribution in [2.24, 2.45) is 0 Å². The number of nitrogens with one attached hydrogen (secondary N) is 2. The molecule has 0 bridgehead atoms. The summed E-state index contributed by atoms with van der Waals surface area (Å²) in [6.45, 7) is 4.99. The van der Waals surface area contributed by atoms with E-state index < -0.39 is 35.6 Å². The van der Waals surface area contributed by atoms with Crippen molar-refractivity contribution in [3.8, 4) is 11.5 Å². The van der Waals surface area contributed by atoms with E-state index in [2.05, 4.69) is 21.9 Å². The number of rotatable bonds is 7. The summed E-state index contributed by atoms with van der Waals surface area (Å²) in [7, 11) is 1.46. The van der Waals surface area contributed by atoms with Gasteiger partial charge in [0, 0.05) is 36.4 Å². The van der Waals surface area contributed by atoms with Crippen molar-refractivity contribution in [2.75, 3.05) is 19.0 Å². The summed E-state index contributed by atoms with van der Waals surface area (Å²) in [5.74, 6) is -1.67. The first kappa shape index (κ1) is 25.8. The third-order valence-corrected chi connectivity index (χ3v) is 6.21. The summed E-state index contributed by atoms with van der Waals surface area (Å²) in [6.07, 6.45) is 2.38. The first-order valence-corrected chi connectivity index (χ1v) is 11.3. The number of benzene rings is 2. The van der Waals surface area contributed by atoms with Crippen molar-refractivity contribution in [2.45, 2.75) is 31.9 Å². The molecule has 1 saturated heterocycles. The van der Waals surface area contributed by atoms with E-state index in [9.17, 15) is 18.4 Å². The van der Waals surface area contributed by atoms with E-state index in [1.54, 1.807) is 17.6 Å². The van der Waals surface area contributed by atoms with Crippen LogP contribution in [0.4, 0.5) is 20.3 Å². The Labute approximate surface area is 210 Å². The number of hydroxylamine groups is 1. The molecule has 1 aromatic heterocycles. The van der Waals surface area contributed by atoms with Gasteiger partial charge in [-0.2, -0.15) is 0 Å². The number of carbonyl (C=O) groups excluding carboxylic acids is 2. The van der Waals surface area contributed by atoms with Gasteiger partial charge in [0.25, 0.3) is 5.91 Å². The summed E-state index contributed by atoms with van der Waals surface area (Å²) in [5.41, 5.74) is 1.98. The van der Waals surface area contributed by atoms with Gasteiger partial charge >= 0.3 is 0 Å². The predicted octanol–water partition coefficient (Wildman–Crippen LogP) is 3.40. The van der Waals surface area contributed by atoms with Crippen molar-refractivity contribution < 1.29 is 33.1 Å². The molecule has 0 unspecified atom stereocenters. The fourth-order valence-electron chi connectivity index (χ4n) is 4.22. The molecule has 2 atom stereocenters. The molecule has 3 aromatic rings. The molecular weight excluding hydrogens is 488 g/mol. The third kappa shape index (κ3) is 5.14. The second-order valence-electron chi connectivity index (χ2n) is 8.39. The Hall–Kier alpha value is -4.32. The Morgan fingerprint density at radius 1 is 1.24 bits per heavy atom. The fraction of sp³-hybridized carbons (Fsp3) is 0.280. The number of aromatic nitrogens is 2. The van der Waals surface area contributed by atoms with E-state index in [1.165, 1.54) is 31.3 Å². The molecule has 1 aliphatic heterocycles. The maximum atomic E-state index is 14.6. The standard InChI is InChI=1S/C25H25F2N5O5/c1-4-22(33)32-8-7-14(9-19(32)25(34)31-35)37-21-10-15-18(11-20(21)36-3)28-12-29-24(15)30-17-6-5-16(26)13(2)23(17)27/h4-6,10-12,14,19,35H,1,7-9H2,2-3H3,(H,31,34)(H,28,29,30)/t14-,19-/m0/s1. The Kier molecular flexibility index (Phi) is 7.48. The molecule has 0 aliphatic carbocycles. The van der Waals surface area contributed by atoms with Crippen molar-refractivity contribution >= 4 is 34.2 Å². The van der Waals surface area contributed by atoms with Gasteiger partial charge in [-0.1, -0.05) is 6.58 Å². The average molecular weight is 514 g/mol. The molecule has 3 N–H and O–H groups in total. The van der Waals surface area contributed by atoms with Gasteiger partial charge in [0.05, 0.1) is 18.3 Å². The van der Waals surface area contributed by atoms with Crippen LogP contribution in [0.5, 0.6) is 11.5 Å². The lowest BCUT2D eigenvalue weighted by molar-refractivity contribution is -0.145. The van der Waals surface area contributed by atoms with Crippen LogP contribution >= 0.6 is 0 Å². The maximum absolute atomic E-state index is 14.6. The van der Waals surface area contributed by atoms with Gasteiger partial charge in [0.2, 0.25) is 5.91 Å². The Bertz CT molecular complexity index is 1370. The van der Waals surface area contributed by atoms with E-state index in [0.29, 0.717) is 28.8 Å². The molecular formula is C25H25F2N5O5. The highest BCUT2D eigenvalue weighted by atomic mass is 19.1. The van der Waals surface area contributed by atoms with Crippen LogP contribution in [-0.2, 0) is 9.59 Å².